The number of carbonyl (C=O) groups excluding carboxylic acids is 1. The van der Waals surface area contributed by atoms with E-state index < -0.39 is 0 Å². The van der Waals surface area contributed by atoms with Gasteiger partial charge >= 0.3 is 5.97 Å². The molecule has 0 spiro atoms. The highest BCUT2D eigenvalue weighted by molar-refractivity contribution is 7.99. The van der Waals surface area contributed by atoms with Crippen LogP contribution in [0.5, 0.6) is 0 Å². The molecule has 1 saturated carbocycles. The van der Waals surface area contributed by atoms with Gasteiger partial charge in [-0.2, -0.15) is 0 Å². The van der Waals surface area contributed by atoms with Gasteiger partial charge in [-0.15, -0.1) is 11.8 Å². The van der Waals surface area contributed by atoms with Gasteiger partial charge in [0.1, 0.15) is 6.33 Å². The Bertz CT molecular complexity index is 419. The Morgan fingerprint density at radius 1 is 1.53 bits per heavy atom. The molecule has 1 fully saturated rings. The monoisotopic (exact) mass is 252 g/mol. The van der Waals surface area contributed by atoms with Crippen LogP contribution in [0.25, 0.3) is 0 Å². The molecule has 1 aliphatic rings. The van der Waals surface area contributed by atoms with Gasteiger partial charge in [0.2, 0.25) is 0 Å². The van der Waals surface area contributed by atoms with Crippen molar-refractivity contribution in [1.82, 2.24) is 9.97 Å². The summed E-state index contributed by atoms with van der Waals surface area (Å²) in [5, 5.41) is 0.980. The molecule has 1 aromatic rings. The molecule has 0 aliphatic heterocycles. The first-order valence-electron chi connectivity index (χ1n) is 5.62. The minimum absolute atomic E-state index is 0.109. The molecular formula is C12H16N2O2S. The standard InChI is InChI=1S/C12H16N2O2S/c1-9-5-10(14-8-13-9)17-7-12(3-4-12)6-11(15)16-2/h5,8H,3-4,6-7H2,1-2H3. The van der Waals surface area contributed by atoms with Gasteiger partial charge in [-0.25, -0.2) is 9.97 Å². The topological polar surface area (TPSA) is 52.1 Å². The van der Waals surface area contributed by atoms with E-state index >= 15 is 0 Å². The maximum atomic E-state index is 11.3. The van der Waals surface area contributed by atoms with E-state index in [2.05, 4.69) is 9.97 Å². The summed E-state index contributed by atoms with van der Waals surface area (Å²) in [6, 6.07) is 1.97. The first kappa shape index (κ1) is 12.4. The number of thioether (sulfide) groups is 1. The Kier molecular flexibility index (Phi) is 3.66. The molecule has 0 N–H and O–H groups in total. The van der Waals surface area contributed by atoms with E-state index in [1.54, 1.807) is 18.1 Å². The van der Waals surface area contributed by atoms with Crippen LogP contribution in [0, 0.1) is 12.3 Å². The lowest BCUT2D eigenvalue weighted by atomic mass is 10.1. The van der Waals surface area contributed by atoms with Gasteiger partial charge in [-0.1, -0.05) is 0 Å². The molecule has 1 aliphatic carbocycles. The molecule has 0 bridgehead atoms. The third kappa shape index (κ3) is 3.43. The number of methoxy groups -OCH3 is 1. The lowest BCUT2D eigenvalue weighted by molar-refractivity contribution is -0.141. The molecule has 92 valence electrons. The predicted molar refractivity (Wildman–Crippen MR) is 65.8 cm³/mol. The highest BCUT2D eigenvalue weighted by Crippen LogP contribution is 2.51. The van der Waals surface area contributed by atoms with E-state index in [4.69, 9.17) is 4.74 Å². The zero-order valence-corrected chi connectivity index (χ0v) is 10.9. The summed E-state index contributed by atoms with van der Waals surface area (Å²) in [6.45, 7) is 1.95. The van der Waals surface area contributed by atoms with Crippen LogP contribution < -0.4 is 0 Å². The van der Waals surface area contributed by atoms with Crippen molar-refractivity contribution in [2.75, 3.05) is 12.9 Å². The molecule has 2 rings (SSSR count). The summed E-state index contributed by atoms with van der Waals surface area (Å²) < 4.78 is 4.72. The number of ether oxygens (including phenoxy) is 1. The van der Waals surface area contributed by atoms with Crippen molar-refractivity contribution >= 4 is 17.7 Å². The minimum Gasteiger partial charge on any atom is -0.469 e. The second-order valence-electron chi connectivity index (χ2n) is 4.54. The summed E-state index contributed by atoms with van der Waals surface area (Å²) in [5.74, 6) is 0.820. The highest BCUT2D eigenvalue weighted by Gasteiger charge is 2.44. The van der Waals surface area contributed by atoms with Crippen molar-refractivity contribution in [3.63, 3.8) is 0 Å². The third-order valence-electron chi connectivity index (χ3n) is 3.01. The van der Waals surface area contributed by atoms with E-state index in [0.717, 1.165) is 29.3 Å². The zero-order valence-electron chi connectivity index (χ0n) is 10.1. The van der Waals surface area contributed by atoms with Crippen LogP contribution in [0.3, 0.4) is 0 Å². The summed E-state index contributed by atoms with van der Waals surface area (Å²) in [7, 11) is 1.44. The van der Waals surface area contributed by atoms with Gasteiger partial charge in [0.25, 0.3) is 0 Å². The maximum Gasteiger partial charge on any atom is 0.306 e. The van der Waals surface area contributed by atoms with Crippen molar-refractivity contribution in [2.45, 2.75) is 31.2 Å². The Labute approximate surface area is 105 Å². The first-order chi connectivity index (χ1) is 8.13. The van der Waals surface area contributed by atoms with Gasteiger partial charge in [0, 0.05) is 11.4 Å². The Morgan fingerprint density at radius 2 is 2.29 bits per heavy atom. The fourth-order valence-corrected chi connectivity index (χ4v) is 2.88. The summed E-state index contributed by atoms with van der Waals surface area (Å²) in [4.78, 5) is 19.5. The molecule has 0 amide bonds. The Balaban J connectivity index is 1.88. The summed E-state index contributed by atoms with van der Waals surface area (Å²) in [5.41, 5.74) is 1.12. The van der Waals surface area contributed by atoms with Gasteiger partial charge in [0.05, 0.1) is 18.6 Å². The number of nitrogens with zero attached hydrogens (tertiary/aromatic N) is 2. The number of hydrogen-bond donors (Lipinski definition) is 0. The number of esters is 1. The Morgan fingerprint density at radius 3 is 2.88 bits per heavy atom. The molecule has 0 radical (unpaired) electrons. The number of aryl methyl sites for hydroxylation is 1. The minimum atomic E-state index is -0.109. The highest BCUT2D eigenvalue weighted by atomic mass is 32.2. The van der Waals surface area contributed by atoms with Crippen LogP contribution in [-0.4, -0.2) is 28.8 Å². The van der Waals surface area contributed by atoms with Gasteiger partial charge in [0.15, 0.2) is 0 Å². The molecular weight excluding hydrogens is 236 g/mol. The first-order valence-corrected chi connectivity index (χ1v) is 6.60. The van der Waals surface area contributed by atoms with Crippen LogP contribution in [0.2, 0.25) is 0 Å². The SMILES string of the molecule is COC(=O)CC1(CSc2cc(C)ncn2)CC1. The fraction of sp³-hybridized carbons (Fsp3) is 0.583. The van der Waals surface area contributed by atoms with Gasteiger partial charge < -0.3 is 4.74 Å². The molecule has 0 atom stereocenters. The average molecular weight is 252 g/mol. The van der Waals surface area contributed by atoms with Crippen molar-refractivity contribution in [2.24, 2.45) is 5.41 Å². The lowest BCUT2D eigenvalue weighted by Gasteiger charge is -2.12. The Hall–Kier alpha value is -1.10. The normalized spacial score (nSPS) is 16.6. The zero-order chi connectivity index (χ0) is 12.3. The van der Waals surface area contributed by atoms with E-state index in [1.807, 2.05) is 13.0 Å². The largest absolute Gasteiger partial charge is 0.469 e. The van der Waals surface area contributed by atoms with E-state index in [-0.39, 0.29) is 11.4 Å². The predicted octanol–water partition coefficient (Wildman–Crippen LogP) is 2.22. The van der Waals surface area contributed by atoms with Crippen LogP contribution in [-0.2, 0) is 9.53 Å². The van der Waals surface area contributed by atoms with Crippen molar-refractivity contribution in [3.05, 3.63) is 18.1 Å². The smallest absolute Gasteiger partial charge is 0.306 e. The average Bonchev–Trinajstić information content (AvgIpc) is 3.07. The van der Waals surface area contributed by atoms with E-state index in [0.29, 0.717) is 6.42 Å². The third-order valence-corrected chi connectivity index (χ3v) is 4.28. The second-order valence-corrected chi connectivity index (χ2v) is 5.53. The van der Waals surface area contributed by atoms with Crippen molar-refractivity contribution in [3.8, 4) is 0 Å². The summed E-state index contributed by atoms with van der Waals surface area (Å²) in [6.07, 6.45) is 4.33. The number of aromatic nitrogens is 2. The van der Waals surface area contributed by atoms with Crippen LogP contribution >= 0.6 is 11.8 Å². The maximum absolute atomic E-state index is 11.3. The molecule has 0 saturated heterocycles. The molecule has 17 heavy (non-hydrogen) atoms. The van der Waals surface area contributed by atoms with Crippen LogP contribution in [0.1, 0.15) is 25.0 Å². The molecule has 1 aromatic heterocycles. The van der Waals surface area contributed by atoms with Gasteiger partial charge in [-0.3, -0.25) is 4.79 Å². The number of carbonyl (C=O) groups is 1. The lowest BCUT2D eigenvalue weighted by Crippen LogP contribution is -2.13. The molecule has 4 nitrogen and oxygen atoms in total. The fourth-order valence-electron chi connectivity index (χ4n) is 1.66. The number of hydrogen-bond acceptors (Lipinski definition) is 5. The van der Waals surface area contributed by atoms with Gasteiger partial charge in [-0.05, 0) is 31.2 Å². The molecule has 0 aromatic carbocycles. The van der Waals surface area contributed by atoms with Crippen molar-refractivity contribution < 1.29 is 9.53 Å². The van der Waals surface area contributed by atoms with Crippen molar-refractivity contribution in [1.29, 1.82) is 0 Å². The quantitative estimate of drug-likeness (QED) is 0.457. The number of rotatable bonds is 5. The molecule has 0 unspecified atom stereocenters. The van der Waals surface area contributed by atoms with E-state index in [9.17, 15) is 4.79 Å². The summed E-state index contributed by atoms with van der Waals surface area (Å²) >= 11 is 1.70. The van der Waals surface area contributed by atoms with E-state index in [1.165, 1.54) is 7.11 Å². The van der Waals surface area contributed by atoms with Crippen LogP contribution in [0.4, 0.5) is 0 Å². The second kappa shape index (κ2) is 5.04. The molecule has 5 heteroatoms. The van der Waals surface area contributed by atoms with Crippen LogP contribution in [0.15, 0.2) is 17.4 Å². The molecule has 1 heterocycles.